The van der Waals surface area contributed by atoms with Crippen molar-refractivity contribution in [2.75, 3.05) is 11.9 Å². The number of aliphatic hydroxyl groups is 1. The number of benzene rings is 3. The Morgan fingerprint density at radius 3 is 2.50 bits per heavy atom. The molecule has 4 nitrogen and oxygen atoms in total. The molecule has 0 aliphatic carbocycles. The summed E-state index contributed by atoms with van der Waals surface area (Å²) < 4.78 is 2.41. The molecule has 0 saturated heterocycles. The van der Waals surface area contributed by atoms with E-state index in [9.17, 15) is 5.11 Å². The molecule has 0 saturated carbocycles. The lowest BCUT2D eigenvalue weighted by atomic mass is 10.0. The van der Waals surface area contributed by atoms with Crippen LogP contribution in [0.25, 0.3) is 22.0 Å². The Balaban J connectivity index is 1.48. The Kier molecular flexibility index (Phi) is 6.07. The minimum Gasteiger partial charge on any atom is -0.387 e. The summed E-state index contributed by atoms with van der Waals surface area (Å²) in [6.45, 7) is 0.374. The van der Waals surface area contributed by atoms with Gasteiger partial charge in [-0.3, -0.25) is 0 Å². The second-order valence-corrected chi connectivity index (χ2v) is 8.75. The van der Waals surface area contributed by atoms with Gasteiger partial charge in [0.1, 0.15) is 12.1 Å². The molecule has 0 fully saturated rings. The maximum atomic E-state index is 10.6. The third-order valence-corrected chi connectivity index (χ3v) is 7.38. The molecule has 0 aliphatic heterocycles. The van der Waals surface area contributed by atoms with Gasteiger partial charge in [-0.1, -0.05) is 42.5 Å². The van der Waals surface area contributed by atoms with E-state index in [0.29, 0.717) is 12.4 Å². The summed E-state index contributed by atoms with van der Waals surface area (Å²) in [5, 5.41) is 16.1. The van der Waals surface area contributed by atoms with Crippen LogP contribution in [0.5, 0.6) is 0 Å². The number of rotatable bonds is 5. The number of aromatic nitrogens is 2. The Bertz CT molecular complexity index is 1130. The van der Waals surface area contributed by atoms with Gasteiger partial charge in [-0.2, -0.15) is 0 Å². The quantitative estimate of drug-likeness (QED) is 0.294. The van der Waals surface area contributed by atoms with Gasteiger partial charge in [0, 0.05) is 25.3 Å². The summed E-state index contributed by atoms with van der Waals surface area (Å²) in [5.74, 6) is 0.693. The zero-order valence-electron chi connectivity index (χ0n) is 14.8. The fourth-order valence-electron chi connectivity index (χ4n) is 3.00. The van der Waals surface area contributed by atoms with Crippen LogP contribution in [0.15, 0.2) is 73.1 Å². The zero-order chi connectivity index (χ0) is 19.5. The number of hydrogen-bond donors (Lipinski definition) is 2. The van der Waals surface area contributed by atoms with Crippen molar-refractivity contribution in [3.8, 4) is 11.3 Å². The number of nitrogens with zero attached hydrogens (tertiary/aromatic N) is 2. The molecule has 6 heteroatoms. The van der Waals surface area contributed by atoms with Crippen LogP contribution >= 0.6 is 45.2 Å². The first-order valence-electron chi connectivity index (χ1n) is 8.78. The Morgan fingerprint density at radius 2 is 1.68 bits per heavy atom. The van der Waals surface area contributed by atoms with Crippen molar-refractivity contribution >= 4 is 61.8 Å². The minimum absolute atomic E-state index is 0.374. The van der Waals surface area contributed by atoms with Gasteiger partial charge >= 0.3 is 0 Å². The van der Waals surface area contributed by atoms with Crippen molar-refractivity contribution in [1.29, 1.82) is 0 Å². The maximum Gasteiger partial charge on any atom is 0.130 e. The maximum absolute atomic E-state index is 10.6. The average molecular weight is 593 g/mol. The van der Waals surface area contributed by atoms with E-state index in [1.165, 1.54) is 12.5 Å². The Morgan fingerprint density at radius 1 is 0.857 bits per heavy atom. The molecule has 28 heavy (non-hydrogen) atoms. The summed E-state index contributed by atoms with van der Waals surface area (Å²) in [5.41, 5.74) is 2.78. The van der Waals surface area contributed by atoms with Crippen LogP contribution in [0.4, 0.5) is 5.82 Å². The molecule has 2 N–H and O–H groups in total. The first-order valence-corrected chi connectivity index (χ1v) is 10.9. The number of anilines is 1. The van der Waals surface area contributed by atoms with Crippen LogP contribution in [-0.2, 0) is 0 Å². The van der Waals surface area contributed by atoms with E-state index < -0.39 is 6.10 Å². The van der Waals surface area contributed by atoms with E-state index in [-0.39, 0.29) is 0 Å². The second-order valence-electron chi connectivity index (χ2n) is 6.42. The molecular formula is C22H17I2N3O. The smallest absolute Gasteiger partial charge is 0.130 e. The van der Waals surface area contributed by atoms with Gasteiger partial charge in [0.2, 0.25) is 0 Å². The second kappa shape index (κ2) is 8.71. The van der Waals surface area contributed by atoms with Crippen molar-refractivity contribution in [1.82, 2.24) is 9.97 Å². The Labute approximate surface area is 190 Å². The van der Waals surface area contributed by atoms with Gasteiger partial charge in [0.25, 0.3) is 0 Å². The summed E-state index contributed by atoms with van der Waals surface area (Å²) >= 11 is 4.64. The SMILES string of the molecule is OC(CNc1cc(-c2ccc(I)c(I)c2)ncn1)c1ccc2ccccc2c1. The van der Waals surface area contributed by atoms with Crippen molar-refractivity contribution in [3.63, 3.8) is 0 Å². The van der Waals surface area contributed by atoms with Crippen molar-refractivity contribution in [2.45, 2.75) is 6.10 Å². The first-order chi connectivity index (χ1) is 13.6. The van der Waals surface area contributed by atoms with E-state index in [1.54, 1.807) is 6.33 Å². The van der Waals surface area contributed by atoms with E-state index >= 15 is 0 Å². The van der Waals surface area contributed by atoms with Crippen LogP contribution in [0.1, 0.15) is 11.7 Å². The number of hydrogen-bond acceptors (Lipinski definition) is 4. The zero-order valence-corrected chi connectivity index (χ0v) is 19.1. The molecule has 0 bridgehead atoms. The van der Waals surface area contributed by atoms with E-state index in [2.05, 4.69) is 90.8 Å². The van der Waals surface area contributed by atoms with Gasteiger partial charge in [-0.05, 0) is 79.7 Å². The molecule has 1 unspecified atom stereocenters. The number of nitrogens with one attached hydrogen (secondary N) is 1. The predicted molar refractivity (Wildman–Crippen MR) is 130 cm³/mol. The van der Waals surface area contributed by atoms with Gasteiger partial charge in [-0.15, -0.1) is 0 Å². The average Bonchev–Trinajstić information content (AvgIpc) is 2.74. The molecular weight excluding hydrogens is 576 g/mol. The molecule has 4 rings (SSSR count). The molecule has 0 amide bonds. The normalized spacial score (nSPS) is 12.1. The summed E-state index contributed by atoms with van der Waals surface area (Å²) in [4.78, 5) is 8.66. The van der Waals surface area contributed by atoms with Crippen molar-refractivity contribution in [2.24, 2.45) is 0 Å². The lowest BCUT2D eigenvalue weighted by molar-refractivity contribution is 0.191. The van der Waals surface area contributed by atoms with E-state index in [1.807, 2.05) is 36.4 Å². The third-order valence-electron chi connectivity index (χ3n) is 4.52. The summed E-state index contributed by atoms with van der Waals surface area (Å²) in [7, 11) is 0. The highest BCUT2D eigenvalue weighted by atomic mass is 127. The molecule has 4 aromatic rings. The molecule has 3 aromatic carbocycles. The highest BCUT2D eigenvalue weighted by Crippen LogP contribution is 2.25. The Hall–Kier alpha value is -1.78. The minimum atomic E-state index is -0.623. The van der Waals surface area contributed by atoms with Gasteiger partial charge in [-0.25, -0.2) is 9.97 Å². The predicted octanol–water partition coefficient (Wildman–Crippen LogP) is 5.65. The molecule has 1 atom stereocenters. The molecule has 0 aliphatic rings. The fraction of sp³-hybridized carbons (Fsp3) is 0.0909. The topological polar surface area (TPSA) is 58.0 Å². The first kappa shape index (κ1) is 19.5. The largest absolute Gasteiger partial charge is 0.387 e. The molecule has 0 radical (unpaired) electrons. The van der Waals surface area contributed by atoms with Crippen molar-refractivity contribution in [3.05, 3.63) is 85.8 Å². The lowest BCUT2D eigenvalue weighted by Gasteiger charge is -2.14. The number of fused-ring (bicyclic) bond motifs is 1. The number of halogens is 2. The monoisotopic (exact) mass is 593 g/mol. The molecule has 1 aromatic heterocycles. The van der Waals surface area contributed by atoms with Crippen LogP contribution in [0, 0.1) is 7.14 Å². The lowest BCUT2D eigenvalue weighted by Crippen LogP contribution is -2.13. The number of aliphatic hydroxyl groups excluding tert-OH is 1. The van der Waals surface area contributed by atoms with Crippen molar-refractivity contribution < 1.29 is 5.11 Å². The molecule has 140 valence electrons. The van der Waals surface area contributed by atoms with E-state index in [4.69, 9.17) is 0 Å². The van der Waals surface area contributed by atoms with Crippen LogP contribution < -0.4 is 5.32 Å². The van der Waals surface area contributed by atoms with Gasteiger partial charge in [0.15, 0.2) is 0 Å². The third kappa shape index (κ3) is 4.44. The van der Waals surface area contributed by atoms with Gasteiger partial charge < -0.3 is 10.4 Å². The van der Waals surface area contributed by atoms with Crippen LogP contribution in [0.3, 0.4) is 0 Å². The molecule has 0 spiro atoms. The highest BCUT2D eigenvalue weighted by molar-refractivity contribution is 14.1. The molecule has 1 heterocycles. The highest BCUT2D eigenvalue weighted by Gasteiger charge is 2.10. The summed E-state index contributed by atoms with van der Waals surface area (Å²) in [6.07, 6.45) is 0.924. The van der Waals surface area contributed by atoms with E-state index in [0.717, 1.165) is 22.2 Å². The summed E-state index contributed by atoms with van der Waals surface area (Å²) in [6, 6.07) is 22.3. The fourth-order valence-corrected chi connectivity index (χ4v) is 3.85. The standard InChI is InChI=1S/C22H17I2N3O/c23-18-8-7-16(10-19(18)24)20-11-22(27-13-26-20)25-12-21(28)17-6-5-14-3-1-2-4-15(14)9-17/h1-11,13,21,28H,12H2,(H,25,26,27). The van der Waals surface area contributed by atoms with Crippen LogP contribution in [0.2, 0.25) is 0 Å². The van der Waals surface area contributed by atoms with Gasteiger partial charge in [0.05, 0.1) is 11.8 Å². The van der Waals surface area contributed by atoms with Crippen LogP contribution in [-0.4, -0.2) is 21.6 Å².